The first-order chi connectivity index (χ1) is 10.8. The quantitative estimate of drug-likeness (QED) is 0.799. The van der Waals surface area contributed by atoms with Crippen LogP contribution in [0.4, 0.5) is 0 Å². The summed E-state index contributed by atoms with van der Waals surface area (Å²) in [4.78, 5) is 24.5. The highest BCUT2D eigenvalue weighted by molar-refractivity contribution is 7.91. The molecule has 1 atom stereocenters. The molecule has 2 rings (SSSR count). The summed E-state index contributed by atoms with van der Waals surface area (Å²) in [6.45, 7) is 0.527. The lowest BCUT2D eigenvalue weighted by atomic mass is 10.1. The zero-order chi connectivity index (χ0) is 17.0. The molecule has 1 unspecified atom stereocenters. The molecule has 0 radical (unpaired) electrons. The molecule has 1 aliphatic heterocycles. The zero-order valence-electron chi connectivity index (χ0n) is 12.4. The Hall–Kier alpha value is -2.40. The number of benzene rings is 1. The van der Waals surface area contributed by atoms with Gasteiger partial charge in [-0.05, 0) is 24.1 Å². The summed E-state index contributed by atoms with van der Waals surface area (Å²) in [5.41, 5.74) is 6.16. The molecule has 122 valence electrons. The number of likely N-dealkylation sites (tertiary alicyclic amines) is 1. The van der Waals surface area contributed by atoms with Gasteiger partial charge >= 0.3 is 0 Å². The van der Waals surface area contributed by atoms with Gasteiger partial charge in [-0.1, -0.05) is 12.1 Å². The molecule has 0 bridgehead atoms. The summed E-state index contributed by atoms with van der Waals surface area (Å²) in [5.74, 6) is -2.25. The molecule has 23 heavy (non-hydrogen) atoms. The van der Waals surface area contributed by atoms with Crippen LogP contribution in [0.2, 0.25) is 0 Å². The maximum absolute atomic E-state index is 12.1. The van der Waals surface area contributed by atoms with Crippen molar-refractivity contribution in [3.8, 4) is 6.07 Å². The van der Waals surface area contributed by atoms with Crippen LogP contribution >= 0.6 is 0 Å². The minimum Gasteiger partial charge on any atom is -0.369 e. The van der Waals surface area contributed by atoms with E-state index in [1.54, 1.807) is 12.1 Å². The molecule has 0 aliphatic carbocycles. The number of nitriles is 1. The van der Waals surface area contributed by atoms with E-state index >= 15 is 0 Å². The standard InChI is InChI=1S/C15H17N3O4S/c16-7-11-1-3-12(4-2-11)9-23(21,22)10-14(19)18-6-5-13(8-18)15(17)20/h1-4,13H,5-6,8-10H2,(H2,17,20). The highest BCUT2D eigenvalue weighted by Crippen LogP contribution is 2.17. The van der Waals surface area contributed by atoms with E-state index in [-0.39, 0.29) is 12.3 Å². The van der Waals surface area contributed by atoms with Gasteiger partial charge in [0.1, 0.15) is 5.75 Å². The molecule has 2 N–H and O–H groups in total. The molecule has 2 amide bonds. The van der Waals surface area contributed by atoms with Crippen LogP contribution in [0.25, 0.3) is 0 Å². The monoisotopic (exact) mass is 335 g/mol. The number of hydrogen-bond donors (Lipinski definition) is 1. The summed E-state index contributed by atoms with van der Waals surface area (Å²) in [6, 6.07) is 8.13. The van der Waals surface area contributed by atoms with Crippen molar-refractivity contribution >= 4 is 21.7 Å². The van der Waals surface area contributed by atoms with Crippen molar-refractivity contribution in [2.24, 2.45) is 11.7 Å². The van der Waals surface area contributed by atoms with E-state index in [1.165, 1.54) is 17.0 Å². The Morgan fingerprint density at radius 3 is 2.48 bits per heavy atom. The number of primary amides is 1. The normalized spacial score (nSPS) is 17.7. The molecule has 1 aromatic rings. The van der Waals surface area contributed by atoms with E-state index < -0.39 is 33.3 Å². The number of hydrogen-bond acceptors (Lipinski definition) is 5. The van der Waals surface area contributed by atoms with Gasteiger partial charge in [0, 0.05) is 13.1 Å². The van der Waals surface area contributed by atoms with E-state index in [0.29, 0.717) is 24.1 Å². The number of carbonyl (C=O) groups is 2. The van der Waals surface area contributed by atoms with Crippen molar-refractivity contribution < 1.29 is 18.0 Å². The van der Waals surface area contributed by atoms with Gasteiger partial charge in [0.05, 0.1) is 23.3 Å². The summed E-state index contributed by atoms with van der Waals surface area (Å²) in [5, 5.41) is 8.71. The van der Waals surface area contributed by atoms with Gasteiger partial charge in [0.2, 0.25) is 11.8 Å². The number of sulfone groups is 1. The number of amides is 2. The van der Waals surface area contributed by atoms with Crippen LogP contribution < -0.4 is 5.73 Å². The minimum atomic E-state index is -3.62. The van der Waals surface area contributed by atoms with Crippen LogP contribution in [0, 0.1) is 17.2 Å². The van der Waals surface area contributed by atoms with E-state index in [1.807, 2.05) is 6.07 Å². The predicted molar refractivity (Wildman–Crippen MR) is 82.5 cm³/mol. The molecule has 1 fully saturated rings. The van der Waals surface area contributed by atoms with Gasteiger partial charge in [0.25, 0.3) is 0 Å². The fourth-order valence-electron chi connectivity index (χ4n) is 2.48. The zero-order valence-corrected chi connectivity index (χ0v) is 13.3. The first kappa shape index (κ1) is 17.0. The molecule has 0 saturated carbocycles. The van der Waals surface area contributed by atoms with Gasteiger partial charge in [-0.15, -0.1) is 0 Å². The van der Waals surface area contributed by atoms with Gasteiger partial charge in [-0.3, -0.25) is 9.59 Å². The topological polar surface area (TPSA) is 121 Å². The number of nitrogens with zero attached hydrogens (tertiary/aromatic N) is 2. The van der Waals surface area contributed by atoms with Crippen molar-refractivity contribution in [1.29, 1.82) is 5.26 Å². The molecule has 7 nitrogen and oxygen atoms in total. The van der Waals surface area contributed by atoms with E-state index in [4.69, 9.17) is 11.0 Å². The van der Waals surface area contributed by atoms with E-state index in [2.05, 4.69) is 0 Å². The number of rotatable bonds is 5. The molecule has 1 aliphatic rings. The summed E-state index contributed by atoms with van der Waals surface area (Å²) < 4.78 is 24.3. The minimum absolute atomic E-state index is 0.181. The van der Waals surface area contributed by atoms with Crippen LogP contribution in [-0.4, -0.2) is 44.0 Å². The van der Waals surface area contributed by atoms with E-state index in [9.17, 15) is 18.0 Å². The summed E-state index contributed by atoms with van der Waals surface area (Å²) in [7, 11) is -3.62. The van der Waals surface area contributed by atoms with E-state index in [0.717, 1.165) is 0 Å². The van der Waals surface area contributed by atoms with Crippen molar-refractivity contribution in [3.05, 3.63) is 35.4 Å². The van der Waals surface area contributed by atoms with Gasteiger partial charge < -0.3 is 10.6 Å². The molecule has 1 saturated heterocycles. The van der Waals surface area contributed by atoms with Gasteiger partial charge in [0.15, 0.2) is 9.84 Å². The Bertz CT molecular complexity index is 750. The highest BCUT2D eigenvalue weighted by Gasteiger charge is 2.31. The molecular formula is C15H17N3O4S. The molecule has 1 heterocycles. The Morgan fingerprint density at radius 2 is 1.96 bits per heavy atom. The van der Waals surface area contributed by atoms with Gasteiger partial charge in [-0.2, -0.15) is 5.26 Å². The lowest BCUT2D eigenvalue weighted by Gasteiger charge is -2.16. The number of nitrogens with two attached hydrogens (primary N) is 1. The fraction of sp³-hybridized carbons (Fsp3) is 0.400. The SMILES string of the molecule is N#Cc1ccc(CS(=O)(=O)CC(=O)N2CCC(C(N)=O)C2)cc1. The van der Waals surface area contributed by atoms with Crippen LogP contribution in [0.15, 0.2) is 24.3 Å². The second kappa shape index (κ2) is 6.79. The summed E-state index contributed by atoms with van der Waals surface area (Å²) >= 11 is 0. The van der Waals surface area contributed by atoms with Crippen molar-refractivity contribution in [1.82, 2.24) is 4.90 Å². The molecule has 1 aromatic carbocycles. The highest BCUT2D eigenvalue weighted by atomic mass is 32.2. The first-order valence-corrected chi connectivity index (χ1v) is 8.89. The Labute approximate surface area is 134 Å². The maximum Gasteiger partial charge on any atom is 0.237 e. The second-order valence-corrected chi connectivity index (χ2v) is 7.63. The molecule has 8 heteroatoms. The smallest absolute Gasteiger partial charge is 0.237 e. The molecular weight excluding hydrogens is 318 g/mol. The third-order valence-corrected chi connectivity index (χ3v) is 5.22. The lowest BCUT2D eigenvalue weighted by Crippen LogP contribution is -2.35. The third-order valence-electron chi connectivity index (χ3n) is 3.76. The van der Waals surface area contributed by atoms with Gasteiger partial charge in [-0.25, -0.2) is 8.42 Å². The summed E-state index contributed by atoms with van der Waals surface area (Å²) in [6.07, 6.45) is 0.469. The maximum atomic E-state index is 12.1. The average Bonchev–Trinajstić information content (AvgIpc) is 2.97. The van der Waals surface area contributed by atoms with Crippen molar-refractivity contribution in [3.63, 3.8) is 0 Å². The van der Waals surface area contributed by atoms with Crippen LogP contribution in [-0.2, 0) is 25.2 Å². The van der Waals surface area contributed by atoms with Crippen LogP contribution in [0.3, 0.4) is 0 Å². The molecule has 0 aromatic heterocycles. The second-order valence-electron chi connectivity index (χ2n) is 5.57. The molecule has 0 spiro atoms. The Morgan fingerprint density at radius 1 is 1.30 bits per heavy atom. The van der Waals surface area contributed by atoms with Crippen molar-refractivity contribution in [2.45, 2.75) is 12.2 Å². The van der Waals surface area contributed by atoms with Crippen LogP contribution in [0.5, 0.6) is 0 Å². The predicted octanol–water partition coefficient (Wildman–Crippen LogP) is -0.193. The Kier molecular flexibility index (Phi) is 5.01. The average molecular weight is 335 g/mol. The first-order valence-electron chi connectivity index (χ1n) is 7.07. The third kappa shape index (κ3) is 4.53. The number of carbonyl (C=O) groups excluding carboxylic acids is 2. The van der Waals surface area contributed by atoms with Crippen molar-refractivity contribution in [2.75, 3.05) is 18.8 Å². The van der Waals surface area contributed by atoms with Crippen LogP contribution in [0.1, 0.15) is 17.5 Å². The lowest BCUT2D eigenvalue weighted by molar-refractivity contribution is -0.127. The Balaban J connectivity index is 1.96. The fourth-order valence-corrected chi connectivity index (χ4v) is 3.84. The largest absolute Gasteiger partial charge is 0.369 e.